The third-order valence-corrected chi connectivity index (χ3v) is 3.73. The molecule has 7 heteroatoms. The van der Waals surface area contributed by atoms with Crippen molar-refractivity contribution < 1.29 is 9.32 Å². The molecule has 0 aromatic carbocycles. The van der Waals surface area contributed by atoms with Crippen LogP contribution in [0.25, 0.3) is 11.1 Å². The Morgan fingerprint density at radius 3 is 2.70 bits per heavy atom. The highest BCUT2D eigenvalue weighted by atomic mass is 16.5. The maximum atomic E-state index is 11.7. The van der Waals surface area contributed by atoms with Gasteiger partial charge in [0.2, 0.25) is 0 Å². The van der Waals surface area contributed by atoms with Crippen LogP contribution in [0, 0.1) is 6.92 Å². The second-order valence-corrected chi connectivity index (χ2v) is 5.12. The third kappa shape index (κ3) is 2.00. The summed E-state index contributed by atoms with van der Waals surface area (Å²) in [4.78, 5) is 20.2. The Balaban J connectivity index is 2.17. The van der Waals surface area contributed by atoms with Crippen LogP contribution >= 0.6 is 0 Å². The number of aryl methyl sites for hydroxylation is 1. The highest BCUT2D eigenvalue weighted by Crippen LogP contribution is 2.32. The molecule has 3 rings (SSSR count). The van der Waals surface area contributed by atoms with Gasteiger partial charge in [-0.3, -0.25) is 4.79 Å². The van der Waals surface area contributed by atoms with Crippen LogP contribution in [0.15, 0.2) is 10.7 Å². The molecule has 3 heterocycles. The first kappa shape index (κ1) is 12.9. The Morgan fingerprint density at radius 1 is 1.35 bits per heavy atom. The van der Waals surface area contributed by atoms with Gasteiger partial charge >= 0.3 is 0 Å². The smallest absolute Gasteiger partial charge is 0.260 e. The van der Waals surface area contributed by atoms with E-state index in [4.69, 9.17) is 10.3 Å². The Morgan fingerprint density at radius 2 is 2.05 bits per heavy atom. The molecule has 0 aliphatic carbocycles. The predicted octanol–water partition coefficient (Wildman–Crippen LogP) is 0.382. The first-order valence-electron chi connectivity index (χ1n) is 6.56. The van der Waals surface area contributed by atoms with E-state index in [1.165, 1.54) is 6.20 Å². The van der Waals surface area contributed by atoms with Gasteiger partial charge in [0.05, 0.1) is 22.3 Å². The minimum absolute atomic E-state index is 0.424. The fourth-order valence-corrected chi connectivity index (χ4v) is 2.58. The van der Waals surface area contributed by atoms with Gasteiger partial charge in [-0.25, -0.2) is 4.98 Å². The molecule has 0 radical (unpaired) electrons. The van der Waals surface area contributed by atoms with E-state index in [-0.39, 0.29) is 0 Å². The number of hydrogen-bond acceptors (Lipinski definition) is 6. The number of hydrogen-bond donors (Lipinski definition) is 1. The molecular formula is C13H17N5O2. The summed E-state index contributed by atoms with van der Waals surface area (Å²) in [7, 11) is 2.08. The van der Waals surface area contributed by atoms with Crippen molar-refractivity contribution in [3.8, 4) is 0 Å². The van der Waals surface area contributed by atoms with Crippen LogP contribution in [0.2, 0.25) is 0 Å². The number of aromatic nitrogens is 2. The highest BCUT2D eigenvalue weighted by molar-refractivity contribution is 6.06. The number of piperazine rings is 1. The largest absolute Gasteiger partial charge is 0.368 e. The molecule has 7 nitrogen and oxygen atoms in total. The van der Waals surface area contributed by atoms with E-state index in [2.05, 4.69) is 27.0 Å². The standard InChI is InChI=1S/C13H17N5O2/c1-8-10-11(18-5-3-17(2)4-6-18)9(12(14)19)7-15-13(10)20-16-8/h7H,3-6H2,1-2H3,(H2,14,19). The summed E-state index contributed by atoms with van der Waals surface area (Å²) < 4.78 is 5.19. The van der Waals surface area contributed by atoms with Crippen LogP contribution in [0.5, 0.6) is 0 Å². The van der Waals surface area contributed by atoms with Crippen LogP contribution in [0.4, 0.5) is 5.69 Å². The lowest BCUT2D eigenvalue weighted by Gasteiger charge is -2.35. The lowest BCUT2D eigenvalue weighted by molar-refractivity contribution is 0.100. The van der Waals surface area contributed by atoms with Crippen molar-refractivity contribution in [2.45, 2.75) is 6.92 Å². The SMILES string of the molecule is Cc1noc2ncc(C(N)=O)c(N3CCN(C)CC3)c12. The lowest BCUT2D eigenvalue weighted by Crippen LogP contribution is -2.45. The molecule has 2 aromatic rings. The van der Waals surface area contributed by atoms with Gasteiger partial charge < -0.3 is 20.1 Å². The van der Waals surface area contributed by atoms with Crippen molar-refractivity contribution in [1.82, 2.24) is 15.0 Å². The monoisotopic (exact) mass is 275 g/mol. The molecule has 0 spiro atoms. The Labute approximate surface area is 116 Å². The highest BCUT2D eigenvalue weighted by Gasteiger charge is 2.25. The number of nitrogens with two attached hydrogens (primary N) is 1. The topological polar surface area (TPSA) is 88.5 Å². The summed E-state index contributed by atoms with van der Waals surface area (Å²) in [5.74, 6) is -0.478. The van der Waals surface area contributed by atoms with Crippen LogP contribution in [0.1, 0.15) is 16.1 Å². The number of likely N-dealkylation sites (N-methyl/N-ethyl adjacent to an activating group) is 1. The number of anilines is 1. The summed E-state index contributed by atoms with van der Waals surface area (Å²) in [6.45, 7) is 5.39. The number of rotatable bonds is 2. The van der Waals surface area contributed by atoms with Crippen LogP contribution in [-0.2, 0) is 0 Å². The number of amides is 1. The van der Waals surface area contributed by atoms with E-state index >= 15 is 0 Å². The molecule has 1 fully saturated rings. The average molecular weight is 275 g/mol. The molecule has 0 unspecified atom stereocenters. The summed E-state index contributed by atoms with van der Waals surface area (Å²) in [5.41, 5.74) is 7.89. The fourth-order valence-electron chi connectivity index (χ4n) is 2.58. The number of carbonyl (C=O) groups is 1. The molecule has 2 aromatic heterocycles. The molecule has 20 heavy (non-hydrogen) atoms. The van der Waals surface area contributed by atoms with E-state index in [0.29, 0.717) is 11.3 Å². The summed E-state index contributed by atoms with van der Waals surface area (Å²) >= 11 is 0. The minimum atomic E-state index is -0.478. The number of pyridine rings is 1. The molecule has 0 bridgehead atoms. The summed E-state index contributed by atoms with van der Waals surface area (Å²) in [5, 5.41) is 4.72. The van der Waals surface area contributed by atoms with Crippen LogP contribution in [0.3, 0.4) is 0 Å². The molecular weight excluding hydrogens is 258 g/mol. The molecule has 1 saturated heterocycles. The number of fused-ring (bicyclic) bond motifs is 1. The van der Waals surface area contributed by atoms with Crippen molar-refractivity contribution in [1.29, 1.82) is 0 Å². The Bertz CT molecular complexity index is 658. The van der Waals surface area contributed by atoms with Crippen molar-refractivity contribution >= 4 is 22.7 Å². The summed E-state index contributed by atoms with van der Waals surface area (Å²) in [6, 6.07) is 0. The second kappa shape index (κ2) is 4.75. The molecule has 1 aliphatic rings. The van der Waals surface area contributed by atoms with Gasteiger partial charge in [0.25, 0.3) is 11.6 Å². The minimum Gasteiger partial charge on any atom is -0.368 e. The zero-order chi connectivity index (χ0) is 14.3. The summed E-state index contributed by atoms with van der Waals surface area (Å²) in [6.07, 6.45) is 1.48. The zero-order valence-electron chi connectivity index (χ0n) is 11.6. The van der Waals surface area contributed by atoms with Gasteiger partial charge in [-0.1, -0.05) is 5.16 Å². The lowest BCUT2D eigenvalue weighted by atomic mass is 10.1. The van der Waals surface area contributed by atoms with E-state index in [9.17, 15) is 4.79 Å². The molecule has 2 N–H and O–H groups in total. The predicted molar refractivity (Wildman–Crippen MR) is 74.8 cm³/mol. The van der Waals surface area contributed by atoms with Crippen LogP contribution < -0.4 is 10.6 Å². The van der Waals surface area contributed by atoms with Gasteiger partial charge in [0.15, 0.2) is 0 Å². The Hall–Kier alpha value is -2.15. The van der Waals surface area contributed by atoms with Crippen molar-refractivity contribution in [2.24, 2.45) is 5.73 Å². The number of nitrogens with zero attached hydrogens (tertiary/aromatic N) is 4. The normalized spacial score (nSPS) is 16.8. The third-order valence-electron chi connectivity index (χ3n) is 3.73. The number of carbonyl (C=O) groups excluding carboxylic acids is 1. The maximum absolute atomic E-state index is 11.7. The zero-order valence-corrected chi connectivity index (χ0v) is 11.6. The quantitative estimate of drug-likeness (QED) is 0.852. The Kier molecular flexibility index (Phi) is 3.06. The first-order valence-corrected chi connectivity index (χ1v) is 6.56. The molecule has 0 saturated carbocycles. The number of primary amides is 1. The molecule has 0 atom stereocenters. The van der Waals surface area contributed by atoms with Crippen molar-refractivity contribution in [3.63, 3.8) is 0 Å². The average Bonchev–Trinajstić information content (AvgIpc) is 2.80. The van der Waals surface area contributed by atoms with Crippen molar-refractivity contribution in [3.05, 3.63) is 17.5 Å². The molecule has 106 valence electrons. The van der Waals surface area contributed by atoms with E-state index in [1.54, 1.807) is 0 Å². The van der Waals surface area contributed by atoms with Gasteiger partial charge in [0.1, 0.15) is 0 Å². The van der Waals surface area contributed by atoms with Gasteiger partial charge in [-0.15, -0.1) is 0 Å². The van der Waals surface area contributed by atoms with Gasteiger partial charge in [-0.2, -0.15) is 0 Å². The van der Waals surface area contributed by atoms with Gasteiger partial charge in [-0.05, 0) is 14.0 Å². The fraction of sp³-hybridized carbons (Fsp3) is 0.462. The molecule has 1 aliphatic heterocycles. The molecule has 1 amide bonds. The van der Waals surface area contributed by atoms with E-state index in [1.807, 2.05) is 6.92 Å². The van der Waals surface area contributed by atoms with E-state index in [0.717, 1.165) is 42.9 Å². The van der Waals surface area contributed by atoms with Gasteiger partial charge in [0, 0.05) is 32.4 Å². The van der Waals surface area contributed by atoms with Crippen LogP contribution in [-0.4, -0.2) is 54.2 Å². The second-order valence-electron chi connectivity index (χ2n) is 5.12. The maximum Gasteiger partial charge on any atom is 0.260 e. The van der Waals surface area contributed by atoms with Crippen molar-refractivity contribution in [2.75, 3.05) is 38.1 Å². The first-order chi connectivity index (χ1) is 9.58. The van der Waals surface area contributed by atoms with E-state index < -0.39 is 5.91 Å².